The number of piperidine rings is 1. The van der Waals surface area contributed by atoms with Crippen LogP contribution in [0.3, 0.4) is 0 Å². The molecule has 0 saturated carbocycles. The van der Waals surface area contributed by atoms with Gasteiger partial charge in [0.25, 0.3) is 5.91 Å². The highest BCUT2D eigenvalue weighted by molar-refractivity contribution is 7.89. The van der Waals surface area contributed by atoms with Gasteiger partial charge in [-0.25, -0.2) is 13.1 Å². The van der Waals surface area contributed by atoms with Gasteiger partial charge < -0.3 is 15.0 Å². The largest absolute Gasteiger partial charge is 0.495 e. The summed E-state index contributed by atoms with van der Waals surface area (Å²) in [6, 6.07) is 4.33. The molecule has 1 aromatic carbocycles. The monoisotopic (exact) mass is 433 g/mol. The number of ether oxygens (including phenoxy) is 1. The van der Waals surface area contributed by atoms with Crippen molar-refractivity contribution in [3.63, 3.8) is 0 Å². The van der Waals surface area contributed by atoms with Gasteiger partial charge in [0.05, 0.1) is 7.11 Å². The maximum atomic E-state index is 12.9. The lowest BCUT2D eigenvalue weighted by molar-refractivity contribution is 0.0687. The molecule has 28 heavy (non-hydrogen) atoms. The van der Waals surface area contributed by atoms with E-state index in [1.54, 1.807) is 26.0 Å². The Morgan fingerprint density at radius 2 is 1.93 bits per heavy atom. The Hall–Kier alpha value is -1.35. The third-order valence-electron chi connectivity index (χ3n) is 4.80. The lowest BCUT2D eigenvalue weighted by Gasteiger charge is -2.32. The van der Waals surface area contributed by atoms with E-state index in [0.29, 0.717) is 24.6 Å². The van der Waals surface area contributed by atoms with Crippen molar-refractivity contribution < 1.29 is 17.9 Å². The van der Waals surface area contributed by atoms with Gasteiger partial charge in [0.2, 0.25) is 10.0 Å². The van der Waals surface area contributed by atoms with Crippen molar-refractivity contribution in [1.29, 1.82) is 0 Å². The van der Waals surface area contributed by atoms with E-state index in [1.807, 2.05) is 11.9 Å². The Balaban J connectivity index is 0.00000392. The van der Waals surface area contributed by atoms with Crippen molar-refractivity contribution >= 4 is 28.3 Å². The molecule has 1 aromatic rings. The number of nitrogens with zero attached hydrogens (tertiary/aromatic N) is 1. The van der Waals surface area contributed by atoms with E-state index >= 15 is 0 Å². The number of nitrogens with one attached hydrogen (secondary N) is 2. The van der Waals surface area contributed by atoms with Crippen molar-refractivity contribution in [3.05, 3.63) is 23.8 Å². The third-order valence-corrected chi connectivity index (χ3v) is 6.48. The first-order valence-electron chi connectivity index (χ1n) is 9.42. The van der Waals surface area contributed by atoms with E-state index in [-0.39, 0.29) is 35.0 Å². The van der Waals surface area contributed by atoms with E-state index in [0.717, 1.165) is 25.8 Å². The van der Waals surface area contributed by atoms with Crippen LogP contribution in [-0.4, -0.2) is 59.1 Å². The summed E-state index contributed by atoms with van der Waals surface area (Å²) in [5.41, 5.74) is 0.369. The first-order chi connectivity index (χ1) is 12.8. The van der Waals surface area contributed by atoms with Crippen LogP contribution < -0.4 is 14.8 Å². The van der Waals surface area contributed by atoms with Crippen molar-refractivity contribution in [2.45, 2.75) is 44.0 Å². The molecule has 1 saturated heterocycles. The van der Waals surface area contributed by atoms with E-state index in [1.165, 1.54) is 13.2 Å². The summed E-state index contributed by atoms with van der Waals surface area (Å²) >= 11 is 0. The van der Waals surface area contributed by atoms with Crippen LogP contribution in [0.1, 0.15) is 43.5 Å². The number of carbonyl (C=O) groups is 1. The summed E-state index contributed by atoms with van der Waals surface area (Å²) in [5.74, 6) is 0.722. The molecule has 1 amide bonds. The first kappa shape index (κ1) is 24.7. The summed E-state index contributed by atoms with van der Waals surface area (Å²) in [7, 11) is -0.396. The molecule has 0 aliphatic carbocycles. The number of methoxy groups -OCH3 is 1. The quantitative estimate of drug-likeness (QED) is 0.656. The molecule has 0 radical (unpaired) electrons. The molecule has 1 aliphatic rings. The Kier molecular flexibility index (Phi) is 9.69. The number of hydrogen-bond donors (Lipinski definition) is 2. The maximum Gasteiger partial charge on any atom is 0.253 e. The predicted octanol–water partition coefficient (Wildman–Crippen LogP) is 2.27. The normalized spacial score (nSPS) is 15.4. The molecule has 1 heterocycles. The highest BCUT2D eigenvalue weighted by Crippen LogP contribution is 2.27. The number of sulfonamides is 1. The van der Waals surface area contributed by atoms with Gasteiger partial charge in [-0.15, -0.1) is 12.4 Å². The summed E-state index contributed by atoms with van der Waals surface area (Å²) in [4.78, 5) is 14.7. The zero-order valence-electron chi connectivity index (χ0n) is 17.0. The van der Waals surface area contributed by atoms with E-state index in [2.05, 4.69) is 10.0 Å². The number of halogens is 1. The van der Waals surface area contributed by atoms with Crippen molar-refractivity contribution in [3.8, 4) is 5.75 Å². The first-order valence-corrected chi connectivity index (χ1v) is 10.9. The SMILES string of the molecule is CNCCC1CCN(C(=O)c2ccc(OC)c(S(=O)(=O)NC(C)C)c2)CC1.Cl. The molecule has 0 unspecified atom stereocenters. The lowest BCUT2D eigenvalue weighted by Crippen LogP contribution is -2.39. The lowest BCUT2D eigenvalue weighted by atomic mass is 9.93. The topological polar surface area (TPSA) is 87.7 Å². The summed E-state index contributed by atoms with van der Waals surface area (Å²) < 4.78 is 32.9. The molecule has 9 heteroatoms. The van der Waals surface area contributed by atoms with Crippen LogP contribution in [0.2, 0.25) is 0 Å². The highest BCUT2D eigenvalue weighted by Gasteiger charge is 2.26. The third kappa shape index (κ3) is 6.34. The molecular weight excluding hydrogens is 402 g/mol. The van der Waals surface area contributed by atoms with Gasteiger partial charge in [-0.05, 0) is 70.8 Å². The number of hydrogen-bond acceptors (Lipinski definition) is 5. The van der Waals surface area contributed by atoms with Crippen molar-refractivity contribution in [2.24, 2.45) is 5.92 Å². The number of rotatable bonds is 8. The summed E-state index contributed by atoms with van der Waals surface area (Å²) in [6.45, 7) is 5.88. The van der Waals surface area contributed by atoms with Crippen LogP contribution in [0, 0.1) is 5.92 Å². The zero-order chi connectivity index (χ0) is 20.0. The maximum absolute atomic E-state index is 12.9. The van der Waals surface area contributed by atoms with Gasteiger partial charge >= 0.3 is 0 Å². The summed E-state index contributed by atoms with van der Waals surface area (Å²) in [6.07, 6.45) is 3.07. The van der Waals surface area contributed by atoms with Gasteiger partial charge in [0.1, 0.15) is 10.6 Å². The Bertz CT molecular complexity index is 748. The fourth-order valence-corrected chi connectivity index (χ4v) is 4.80. The number of carbonyl (C=O) groups excluding carboxylic acids is 1. The van der Waals surface area contributed by atoms with Crippen LogP contribution in [0.4, 0.5) is 0 Å². The molecule has 0 bridgehead atoms. The zero-order valence-corrected chi connectivity index (χ0v) is 18.7. The molecule has 1 fully saturated rings. The van der Waals surface area contributed by atoms with E-state index < -0.39 is 10.0 Å². The standard InChI is InChI=1S/C19H31N3O4S.ClH/c1-14(2)21-27(24,25)18-13-16(5-6-17(18)26-4)19(23)22-11-8-15(9-12-22)7-10-20-3;/h5-6,13-15,20-21H,7-12H2,1-4H3;1H. The van der Waals surface area contributed by atoms with Crippen LogP contribution in [-0.2, 0) is 10.0 Å². The molecule has 7 nitrogen and oxygen atoms in total. The second-order valence-electron chi connectivity index (χ2n) is 7.27. The van der Waals surface area contributed by atoms with Crippen LogP contribution in [0.5, 0.6) is 5.75 Å². The number of amides is 1. The number of benzene rings is 1. The second-order valence-corrected chi connectivity index (χ2v) is 8.95. The van der Waals surface area contributed by atoms with Gasteiger partial charge in [-0.1, -0.05) is 0 Å². The van der Waals surface area contributed by atoms with Crippen LogP contribution >= 0.6 is 12.4 Å². The molecule has 0 aromatic heterocycles. The summed E-state index contributed by atoms with van der Waals surface area (Å²) in [5, 5.41) is 3.16. The minimum absolute atomic E-state index is 0. The fraction of sp³-hybridized carbons (Fsp3) is 0.632. The average Bonchev–Trinajstić information content (AvgIpc) is 2.64. The second kappa shape index (κ2) is 11.0. The highest BCUT2D eigenvalue weighted by atomic mass is 35.5. The fourth-order valence-electron chi connectivity index (χ4n) is 3.35. The average molecular weight is 434 g/mol. The van der Waals surface area contributed by atoms with Gasteiger partial charge in [-0.3, -0.25) is 4.79 Å². The minimum Gasteiger partial charge on any atom is -0.495 e. The van der Waals surface area contributed by atoms with Gasteiger partial charge in [0.15, 0.2) is 0 Å². The molecular formula is C19H32ClN3O4S. The molecule has 1 aliphatic heterocycles. The van der Waals surface area contributed by atoms with E-state index in [9.17, 15) is 13.2 Å². The van der Waals surface area contributed by atoms with Gasteiger partial charge in [0, 0.05) is 24.7 Å². The van der Waals surface area contributed by atoms with Crippen molar-refractivity contribution in [2.75, 3.05) is 33.8 Å². The van der Waals surface area contributed by atoms with Gasteiger partial charge in [-0.2, -0.15) is 0 Å². The predicted molar refractivity (Wildman–Crippen MR) is 113 cm³/mol. The minimum atomic E-state index is -3.76. The van der Waals surface area contributed by atoms with E-state index in [4.69, 9.17) is 4.74 Å². The van der Waals surface area contributed by atoms with Crippen LogP contribution in [0.15, 0.2) is 23.1 Å². The number of likely N-dealkylation sites (tertiary alicyclic amines) is 1. The molecule has 160 valence electrons. The van der Waals surface area contributed by atoms with Crippen LogP contribution in [0.25, 0.3) is 0 Å². The Morgan fingerprint density at radius 3 is 2.46 bits per heavy atom. The molecule has 0 atom stereocenters. The Morgan fingerprint density at radius 1 is 1.29 bits per heavy atom. The molecule has 2 N–H and O–H groups in total. The smallest absolute Gasteiger partial charge is 0.253 e. The molecule has 0 spiro atoms. The molecule has 2 rings (SSSR count). The van der Waals surface area contributed by atoms with Crippen molar-refractivity contribution in [1.82, 2.24) is 14.9 Å². The Labute approximate surface area is 174 Å².